The molecular formula is C13H3Cl5F3NO. The minimum absolute atomic E-state index is 0.00817. The molecule has 1 heterocycles. The molecule has 0 aliphatic carbocycles. The molecule has 2 nitrogen and oxygen atoms in total. The van der Waals surface area contributed by atoms with Crippen LogP contribution in [0.3, 0.4) is 0 Å². The first-order valence-electron chi connectivity index (χ1n) is 5.64. The number of carbonyl (C=O) groups excluding carboxylic acids is 1. The number of hydrogen-bond acceptors (Lipinski definition) is 2. The molecule has 0 radical (unpaired) electrons. The van der Waals surface area contributed by atoms with E-state index in [0.29, 0.717) is 6.07 Å². The SMILES string of the molecule is O=Cc1c(C(F)(F)F)ccnc1-c1c(Cl)c(Cl)c(Cl)c(Cl)c1Cl. The predicted molar refractivity (Wildman–Crippen MR) is 85.1 cm³/mol. The highest BCUT2D eigenvalue weighted by Gasteiger charge is 2.35. The molecule has 0 aliphatic rings. The molecule has 0 fully saturated rings. The summed E-state index contributed by atoms with van der Waals surface area (Å²) in [5, 5.41) is -1.11. The van der Waals surface area contributed by atoms with E-state index in [2.05, 4.69) is 4.98 Å². The summed E-state index contributed by atoms with van der Waals surface area (Å²) in [6, 6.07) is 0.661. The standard InChI is InChI=1S/C13H3Cl5F3NO/c14-7-6(8(15)10(17)11(18)9(7)16)12-4(3-23)5(1-2-22-12)13(19,20)21/h1-3H. The third kappa shape index (κ3) is 3.26. The van der Waals surface area contributed by atoms with Crippen molar-refractivity contribution < 1.29 is 18.0 Å². The molecule has 0 unspecified atom stereocenters. The zero-order valence-electron chi connectivity index (χ0n) is 10.6. The lowest BCUT2D eigenvalue weighted by atomic mass is 10.0. The summed E-state index contributed by atoms with van der Waals surface area (Å²) in [6.07, 6.45) is -3.89. The Kier molecular flexibility index (Phi) is 5.38. The third-order valence-electron chi connectivity index (χ3n) is 2.86. The molecule has 1 aromatic carbocycles. The van der Waals surface area contributed by atoms with Crippen LogP contribution in [0.1, 0.15) is 15.9 Å². The molecule has 0 atom stereocenters. The molecule has 2 rings (SSSR count). The van der Waals surface area contributed by atoms with Crippen LogP contribution in [0.2, 0.25) is 25.1 Å². The number of pyridine rings is 1. The Morgan fingerprint density at radius 1 is 0.913 bits per heavy atom. The number of nitrogens with zero attached hydrogens (tertiary/aromatic N) is 1. The van der Waals surface area contributed by atoms with Gasteiger partial charge in [0.1, 0.15) is 0 Å². The Morgan fingerprint density at radius 2 is 1.39 bits per heavy atom. The highest BCUT2D eigenvalue weighted by molar-refractivity contribution is 6.56. The minimum Gasteiger partial charge on any atom is -0.298 e. The van der Waals surface area contributed by atoms with Crippen LogP contribution in [0, 0.1) is 0 Å². The van der Waals surface area contributed by atoms with Gasteiger partial charge in [0, 0.05) is 11.8 Å². The van der Waals surface area contributed by atoms with E-state index < -0.39 is 23.0 Å². The summed E-state index contributed by atoms with van der Waals surface area (Å²) < 4.78 is 39.1. The summed E-state index contributed by atoms with van der Waals surface area (Å²) in [7, 11) is 0. The Hall–Kier alpha value is -0.720. The first-order chi connectivity index (χ1) is 10.6. The average molecular weight is 423 g/mol. The smallest absolute Gasteiger partial charge is 0.298 e. The van der Waals surface area contributed by atoms with Crippen LogP contribution < -0.4 is 0 Å². The number of hydrogen-bond donors (Lipinski definition) is 0. The Bertz CT molecular complexity index is 778. The first-order valence-corrected chi connectivity index (χ1v) is 7.53. The highest BCUT2D eigenvalue weighted by atomic mass is 35.5. The summed E-state index contributed by atoms with van der Waals surface area (Å²) in [4.78, 5) is 15.0. The van der Waals surface area contributed by atoms with Crippen molar-refractivity contribution >= 4 is 64.3 Å². The zero-order chi connectivity index (χ0) is 17.5. The molecule has 0 spiro atoms. The van der Waals surface area contributed by atoms with Gasteiger partial charge in [0.05, 0.1) is 41.9 Å². The number of rotatable bonds is 2. The van der Waals surface area contributed by atoms with Crippen molar-refractivity contribution in [3.8, 4) is 11.3 Å². The quantitative estimate of drug-likeness (QED) is 0.300. The molecule has 0 saturated carbocycles. The Balaban J connectivity index is 2.92. The van der Waals surface area contributed by atoms with Crippen LogP contribution >= 0.6 is 58.0 Å². The molecule has 1 aromatic heterocycles. The lowest BCUT2D eigenvalue weighted by Gasteiger charge is -2.16. The molecule has 122 valence electrons. The average Bonchev–Trinajstić information content (AvgIpc) is 2.50. The highest BCUT2D eigenvalue weighted by Crippen LogP contribution is 2.49. The monoisotopic (exact) mass is 421 g/mol. The largest absolute Gasteiger partial charge is 0.417 e. The normalized spacial score (nSPS) is 11.7. The number of alkyl halides is 3. The summed E-state index contributed by atoms with van der Waals surface area (Å²) >= 11 is 29.6. The topological polar surface area (TPSA) is 30.0 Å². The lowest BCUT2D eigenvalue weighted by Crippen LogP contribution is -2.11. The van der Waals surface area contributed by atoms with Gasteiger partial charge in [0.2, 0.25) is 0 Å². The van der Waals surface area contributed by atoms with E-state index in [9.17, 15) is 18.0 Å². The number of carbonyl (C=O) groups is 1. The van der Waals surface area contributed by atoms with Crippen LogP contribution in [0.15, 0.2) is 12.3 Å². The Morgan fingerprint density at radius 3 is 1.83 bits per heavy atom. The van der Waals surface area contributed by atoms with Gasteiger partial charge in [-0.15, -0.1) is 0 Å². The maximum atomic E-state index is 13.0. The van der Waals surface area contributed by atoms with Crippen molar-refractivity contribution in [2.75, 3.05) is 0 Å². The van der Waals surface area contributed by atoms with Gasteiger partial charge < -0.3 is 0 Å². The van der Waals surface area contributed by atoms with E-state index >= 15 is 0 Å². The van der Waals surface area contributed by atoms with Gasteiger partial charge in [-0.3, -0.25) is 9.78 Å². The van der Waals surface area contributed by atoms with E-state index in [4.69, 9.17) is 58.0 Å². The summed E-state index contributed by atoms with van der Waals surface area (Å²) in [5.74, 6) is 0. The van der Waals surface area contributed by atoms with Gasteiger partial charge in [0.15, 0.2) is 6.29 Å². The first kappa shape index (κ1) is 18.6. The molecule has 2 aromatic rings. The van der Waals surface area contributed by atoms with Crippen LogP contribution in [-0.2, 0) is 6.18 Å². The number of benzene rings is 1. The fourth-order valence-corrected chi connectivity index (χ4v) is 3.17. The van der Waals surface area contributed by atoms with Crippen molar-refractivity contribution in [1.82, 2.24) is 4.98 Å². The number of aldehydes is 1. The fourth-order valence-electron chi connectivity index (χ4n) is 1.85. The van der Waals surface area contributed by atoms with Crippen molar-refractivity contribution in [2.24, 2.45) is 0 Å². The lowest BCUT2D eigenvalue weighted by molar-refractivity contribution is -0.137. The molecule has 0 bridgehead atoms. The van der Waals surface area contributed by atoms with Crippen LogP contribution in [-0.4, -0.2) is 11.3 Å². The molecule has 23 heavy (non-hydrogen) atoms. The fraction of sp³-hybridized carbons (Fsp3) is 0.0769. The van der Waals surface area contributed by atoms with Gasteiger partial charge in [-0.1, -0.05) is 58.0 Å². The molecule has 0 amide bonds. The van der Waals surface area contributed by atoms with E-state index in [1.54, 1.807) is 0 Å². The molecule has 0 saturated heterocycles. The van der Waals surface area contributed by atoms with E-state index in [0.717, 1.165) is 6.20 Å². The molecular weight excluding hydrogens is 420 g/mol. The van der Waals surface area contributed by atoms with E-state index in [1.807, 2.05) is 0 Å². The van der Waals surface area contributed by atoms with E-state index in [1.165, 1.54) is 0 Å². The number of halogens is 8. The van der Waals surface area contributed by atoms with Crippen molar-refractivity contribution in [3.05, 3.63) is 48.5 Å². The second-order valence-corrected chi connectivity index (χ2v) is 6.07. The summed E-state index contributed by atoms with van der Waals surface area (Å²) in [6.45, 7) is 0. The second-order valence-electron chi connectivity index (χ2n) is 4.18. The second kappa shape index (κ2) is 6.65. The maximum Gasteiger partial charge on any atom is 0.417 e. The summed E-state index contributed by atoms with van der Waals surface area (Å²) in [5.41, 5.74) is -2.53. The number of aromatic nitrogens is 1. The van der Waals surface area contributed by atoms with Gasteiger partial charge in [-0.2, -0.15) is 13.2 Å². The minimum atomic E-state index is -4.77. The zero-order valence-corrected chi connectivity index (χ0v) is 14.4. The van der Waals surface area contributed by atoms with Crippen LogP contribution in [0.4, 0.5) is 13.2 Å². The van der Waals surface area contributed by atoms with Crippen molar-refractivity contribution in [3.63, 3.8) is 0 Å². The molecule has 10 heteroatoms. The Labute approximate surface area is 153 Å². The van der Waals surface area contributed by atoms with Gasteiger partial charge in [-0.25, -0.2) is 0 Å². The maximum absolute atomic E-state index is 13.0. The van der Waals surface area contributed by atoms with Crippen molar-refractivity contribution in [2.45, 2.75) is 6.18 Å². The van der Waals surface area contributed by atoms with Crippen LogP contribution in [0.5, 0.6) is 0 Å². The predicted octanol–water partition coefficient (Wildman–Crippen LogP) is 6.85. The van der Waals surface area contributed by atoms with E-state index in [-0.39, 0.29) is 37.0 Å². The van der Waals surface area contributed by atoms with Gasteiger partial charge in [-0.05, 0) is 6.07 Å². The third-order valence-corrected chi connectivity index (χ3v) is 5.14. The van der Waals surface area contributed by atoms with Gasteiger partial charge in [0.25, 0.3) is 0 Å². The molecule has 0 aliphatic heterocycles. The van der Waals surface area contributed by atoms with Gasteiger partial charge >= 0.3 is 6.18 Å². The van der Waals surface area contributed by atoms with Crippen LogP contribution in [0.25, 0.3) is 11.3 Å². The molecule has 0 N–H and O–H groups in total. The van der Waals surface area contributed by atoms with Crippen molar-refractivity contribution in [1.29, 1.82) is 0 Å².